The summed E-state index contributed by atoms with van der Waals surface area (Å²) < 4.78 is 7.37. The number of hydrogen-bond acceptors (Lipinski definition) is 5. The summed E-state index contributed by atoms with van der Waals surface area (Å²) in [6, 6.07) is 3.69. The van der Waals surface area contributed by atoms with Gasteiger partial charge in [0.05, 0.1) is 0 Å². The standard InChI is InChI=1S/C19H26N4O3/c1-13(24)16-21-15-6-5-9-20-17(15)23(16)12-14-7-10-22(11-8-14)18(25)26-19(2,3)4/h5-6,9,14H,7-8,10-12H2,1-4H3. The Morgan fingerprint density at radius 1 is 1.27 bits per heavy atom. The van der Waals surface area contributed by atoms with E-state index in [0.717, 1.165) is 24.0 Å². The molecule has 7 nitrogen and oxygen atoms in total. The maximum Gasteiger partial charge on any atom is 0.410 e. The summed E-state index contributed by atoms with van der Waals surface area (Å²) in [6.07, 6.45) is 3.19. The lowest BCUT2D eigenvalue weighted by atomic mass is 9.97. The smallest absolute Gasteiger partial charge is 0.410 e. The molecule has 1 aliphatic rings. The van der Waals surface area contributed by atoms with Crippen molar-refractivity contribution in [2.75, 3.05) is 13.1 Å². The molecular formula is C19H26N4O3. The molecule has 3 heterocycles. The SMILES string of the molecule is CC(=O)c1nc2cccnc2n1CC1CCN(C(=O)OC(C)(C)C)CC1. The van der Waals surface area contributed by atoms with Gasteiger partial charge in [0.15, 0.2) is 17.3 Å². The van der Waals surface area contributed by atoms with Crippen LogP contribution in [0.15, 0.2) is 18.3 Å². The number of imidazole rings is 1. The molecule has 3 rings (SSSR count). The molecule has 0 radical (unpaired) electrons. The van der Waals surface area contributed by atoms with Crippen LogP contribution in [0.1, 0.15) is 51.2 Å². The molecule has 1 saturated heterocycles. The Bertz CT molecular complexity index is 814. The molecule has 0 spiro atoms. The highest BCUT2D eigenvalue weighted by Crippen LogP contribution is 2.24. The average molecular weight is 358 g/mol. The van der Waals surface area contributed by atoms with Gasteiger partial charge >= 0.3 is 6.09 Å². The van der Waals surface area contributed by atoms with Crippen LogP contribution < -0.4 is 0 Å². The van der Waals surface area contributed by atoms with Crippen molar-refractivity contribution in [1.82, 2.24) is 19.4 Å². The van der Waals surface area contributed by atoms with Crippen molar-refractivity contribution >= 4 is 23.0 Å². The van der Waals surface area contributed by atoms with Crippen molar-refractivity contribution in [2.24, 2.45) is 5.92 Å². The molecule has 0 bridgehead atoms. The molecule has 0 aromatic carbocycles. The third kappa shape index (κ3) is 4.03. The maximum absolute atomic E-state index is 12.2. The van der Waals surface area contributed by atoms with Crippen LogP contribution in [0.2, 0.25) is 0 Å². The summed E-state index contributed by atoms with van der Waals surface area (Å²) in [5.41, 5.74) is 1.00. The van der Waals surface area contributed by atoms with E-state index in [-0.39, 0.29) is 11.9 Å². The predicted octanol–water partition coefficient (Wildman–Crippen LogP) is 3.28. The number of carbonyl (C=O) groups excluding carboxylic acids is 2. The van der Waals surface area contributed by atoms with Crippen LogP contribution in [0.4, 0.5) is 4.79 Å². The number of carbonyl (C=O) groups is 2. The lowest BCUT2D eigenvalue weighted by Crippen LogP contribution is -2.42. The normalized spacial score (nSPS) is 16.1. The van der Waals surface area contributed by atoms with Crippen LogP contribution in [-0.4, -0.2) is 50.0 Å². The van der Waals surface area contributed by atoms with Crippen LogP contribution in [-0.2, 0) is 11.3 Å². The Balaban J connectivity index is 1.69. The van der Waals surface area contributed by atoms with Crippen LogP contribution in [0.25, 0.3) is 11.2 Å². The number of piperidine rings is 1. The summed E-state index contributed by atoms with van der Waals surface area (Å²) >= 11 is 0. The number of pyridine rings is 1. The second-order valence-electron chi connectivity index (χ2n) is 7.86. The second kappa shape index (κ2) is 7.05. The van der Waals surface area contributed by atoms with Gasteiger partial charge in [-0.1, -0.05) is 0 Å². The van der Waals surface area contributed by atoms with Crippen molar-refractivity contribution in [1.29, 1.82) is 0 Å². The van der Waals surface area contributed by atoms with E-state index in [4.69, 9.17) is 4.74 Å². The molecule has 0 aliphatic carbocycles. The number of ether oxygens (including phenoxy) is 1. The van der Waals surface area contributed by atoms with E-state index >= 15 is 0 Å². The minimum absolute atomic E-state index is 0.0609. The summed E-state index contributed by atoms with van der Waals surface area (Å²) in [5, 5.41) is 0. The molecule has 0 unspecified atom stereocenters. The fourth-order valence-electron chi connectivity index (χ4n) is 3.28. The highest BCUT2D eigenvalue weighted by molar-refractivity contribution is 5.94. The highest BCUT2D eigenvalue weighted by atomic mass is 16.6. The second-order valence-corrected chi connectivity index (χ2v) is 7.86. The number of aromatic nitrogens is 3. The molecule has 0 N–H and O–H groups in total. The number of likely N-dealkylation sites (tertiary alicyclic amines) is 1. The minimum Gasteiger partial charge on any atom is -0.444 e. The van der Waals surface area contributed by atoms with Gasteiger partial charge in [-0.05, 0) is 51.7 Å². The summed E-state index contributed by atoms with van der Waals surface area (Å²) in [7, 11) is 0. The molecule has 1 amide bonds. The van der Waals surface area contributed by atoms with Gasteiger partial charge in [-0.25, -0.2) is 14.8 Å². The quantitative estimate of drug-likeness (QED) is 0.787. The summed E-state index contributed by atoms with van der Waals surface area (Å²) in [4.78, 5) is 34.7. The zero-order chi connectivity index (χ0) is 18.9. The molecule has 1 fully saturated rings. The zero-order valence-electron chi connectivity index (χ0n) is 15.9. The van der Waals surface area contributed by atoms with E-state index in [1.54, 1.807) is 11.1 Å². The lowest BCUT2D eigenvalue weighted by Gasteiger charge is -2.33. The summed E-state index contributed by atoms with van der Waals surface area (Å²) in [6.45, 7) is 9.16. The molecule has 1 aliphatic heterocycles. The fourth-order valence-corrected chi connectivity index (χ4v) is 3.28. The van der Waals surface area contributed by atoms with Gasteiger partial charge in [-0.2, -0.15) is 0 Å². The average Bonchev–Trinajstić information content (AvgIpc) is 2.93. The van der Waals surface area contributed by atoms with Crippen LogP contribution >= 0.6 is 0 Å². The first kappa shape index (κ1) is 18.4. The third-order valence-corrected chi connectivity index (χ3v) is 4.53. The van der Waals surface area contributed by atoms with Gasteiger partial charge in [0.2, 0.25) is 0 Å². The Hall–Kier alpha value is -2.44. The van der Waals surface area contributed by atoms with Gasteiger partial charge in [-0.3, -0.25) is 4.79 Å². The monoisotopic (exact) mass is 358 g/mol. The van der Waals surface area contributed by atoms with Crippen LogP contribution in [0.5, 0.6) is 0 Å². The Morgan fingerprint density at radius 2 is 1.96 bits per heavy atom. The maximum atomic E-state index is 12.2. The lowest BCUT2D eigenvalue weighted by molar-refractivity contribution is 0.0178. The van der Waals surface area contributed by atoms with Crippen LogP contribution in [0, 0.1) is 5.92 Å². The molecule has 0 saturated carbocycles. The topological polar surface area (TPSA) is 77.3 Å². The van der Waals surface area contributed by atoms with Crippen molar-refractivity contribution in [3.05, 3.63) is 24.2 Å². The predicted molar refractivity (Wildman–Crippen MR) is 98.1 cm³/mol. The molecule has 2 aromatic rings. The molecule has 140 valence electrons. The first-order valence-corrected chi connectivity index (χ1v) is 9.05. The van der Waals surface area contributed by atoms with Gasteiger partial charge in [0.1, 0.15) is 11.1 Å². The number of hydrogen-bond donors (Lipinski definition) is 0. The number of fused-ring (bicyclic) bond motifs is 1. The van der Waals surface area contributed by atoms with E-state index in [9.17, 15) is 9.59 Å². The number of ketones is 1. The number of nitrogens with zero attached hydrogens (tertiary/aromatic N) is 4. The van der Waals surface area contributed by atoms with E-state index in [1.807, 2.05) is 37.5 Å². The van der Waals surface area contributed by atoms with Gasteiger partial charge < -0.3 is 14.2 Å². The fraction of sp³-hybridized carbons (Fsp3) is 0.579. The minimum atomic E-state index is -0.480. The molecule has 2 aromatic heterocycles. The van der Waals surface area contributed by atoms with Gasteiger partial charge in [-0.15, -0.1) is 0 Å². The first-order valence-electron chi connectivity index (χ1n) is 9.05. The van der Waals surface area contributed by atoms with Crippen molar-refractivity contribution in [2.45, 2.75) is 52.7 Å². The zero-order valence-corrected chi connectivity index (χ0v) is 15.9. The van der Waals surface area contributed by atoms with Crippen molar-refractivity contribution < 1.29 is 14.3 Å². The molecular weight excluding hydrogens is 332 g/mol. The van der Waals surface area contributed by atoms with Gasteiger partial charge in [0, 0.05) is 32.8 Å². The summed E-state index contributed by atoms with van der Waals surface area (Å²) in [5.74, 6) is 0.758. The highest BCUT2D eigenvalue weighted by Gasteiger charge is 2.28. The molecule has 7 heteroatoms. The van der Waals surface area contributed by atoms with E-state index in [2.05, 4.69) is 9.97 Å². The Labute approximate surface area is 153 Å². The third-order valence-electron chi connectivity index (χ3n) is 4.53. The largest absolute Gasteiger partial charge is 0.444 e. The number of rotatable bonds is 3. The van der Waals surface area contributed by atoms with E-state index < -0.39 is 5.60 Å². The van der Waals surface area contributed by atoms with Gasteiger partial charge in [0.25, 0.3) is 0 Å². The van der Waals surface area contributed by atoms with Crippen molar-refractivity contribution in [3.8, 4) is 0 Å². The first-order chi connectivity index (χ1) is 12.2. The van der Waals surface area contributed by atoms with Crippen molar-refractivity contribution in [3.63, 3.8) is 0 Å². The number of amides is 1. The van der Waals surface area contributed by atoms with E-state index in [1.165, 1.54) is 6.92 Å². The molecule has 0 atom stereocenters. The Morgan fingerprint density at radius 3 is 2.58 bits per heavy atom. The Kier molecular flexibility index (Phi) is 4.98. The number of Topliss-reactive ketones (excluding diaryl/α,β-unsaturated/α-hetero) is 1. The molecule has 26 heavy (non-hydrogen) atoms. The van der Waals surface area contributed by atoms with Crippen LogP contribution in [0.3, 0.4) is 0 Å². The van der Waals surface area contributed by atoms with E-state index in [0.29, 0.717) is 31.4 Å².